The van der Waals surface area contributed by atoms with Gasteiger partial charge in [0.05, 0.1) is 17.0 Å². The molecule has 0 aromatic carbocycles. The average Bonchev–Trinajstić information content (AvgIpc) is 2.89. The highest BCUT2D eigenvalue weighted by atomic mass is 16.6. The van der Waals surface area contributed by atoms with Crippen molar-refractivity contribution in [2.24, 2.45) is 11.7 Å². The van der Waals surface area contributed by atoms with Gasteiger partial charge in [0.1, 0.15) is 0 Å². The van der Waals surface area contributed by atoms with Crippen LogP contribution in [0.15, 0.2) is 11.9 Å². The lowest BCUT2D eigenvalue weighted by molar-refractivity contribution is -0.416. The van der Waals surface area contributed by atoms with Crippen LogP contribution < -0.4 is 5.73 Å². The van der Waals surface area contributed by atoms with Crippen LogP contribution in [0.2, 0.25) is 0 Å². The number of nitrogens with one attached hydrogen (secondary N) is 1. The van der Waals surface area contributed by atoms with Gasteiger partial charge >= 0.3 is 11.7 Å². The summed E-state index contributed by atoms with van der Waals surface area (Å²) in [6, 6.07) is -0.0285. The van der Waals surface area contributed by atoms with Crippen molar-refractivity contribution in [1.82, 2.24) is 4.90 Å². The number of rotatable bonds is 6. The third-order valence-electron chi connectivity index (χ3n) is 3.54. The molecule has 1 unspecified atom stereocenters. The van der Waals surface area contributed by atoms with Gasteiger partial charge in [-0.05, 0) is 12.8 Å². The first kappa shape index (κ1) is 15.9. The monoisotopic (exact) mass is 284 g/mol. The Kier molecular flexibility index (Phi) is 5.48. The van der Waals surface area contributed by atoms with Gasteiger partial charge < -0.3 is 15.7 Å². The van der Waals surface area contributed by atoms with Crippen LogP contribution >= 0.6 is 0 Å². The zero-order valence-electron chi connectivity index (χ0n) is 11.4. The zero-order chi connectivity index (χ0) is 15.3. The Hall–Kier alpha value is -2.12. The minimum absolute atomic E-state index is 0.0285. The lowest BCUT2D eigenvalue weighted by Crippen LogP contribution is -2.44. The number of aliphatic carboxylic acids is 1. The molecule has 0 amide bonds. The van der Waals surface area contributed by atoms with Gasteiger partial charge in [0.25, 0.3) is 0 Å². The lowest BCUT2D eigenvalue weighted by atomic mass is 10.1. The van der Waals surface area contributed by atoms with Crippen LogP contribution in [0.3, 0.4) is 0 Å². The maximum Gasteiger partial charge on any atom is 0.326 e. The van der Waals surface area contributed by atoms with Crippen LogP contribution in [0.25, 0.3) is 0 Å². The maximum absolute atomic E-state index is 11.0. The van der Waals surface area contributed by atoms with Crippen LogP contribution in [0.1, 0.15) is 32.6 Å². The van der Waals surface area contributed by atoms with Crippen LogP contribution in [0, 0.1) is 21.4 Å². The largest absolute Gasteiger partial charge is 0.481 e. The van der Waals surface area contributed by atoms with E-state index in [1.807, 2.05) is 0 Å². The van der Waals surface area contributed by atoms with E-state index in [4.69, 9.17) is 16.2 Å². The van der Waals surface area contributed by atoms with Crippen LogP contribution in [0.4, 0.5) is 0 Å². The number of nitro groups is 1. The molecule has 8 nitrogen and oxygen atoms in total. The standard InChI is InChI=1S/C12H20N4O4/c1-8(12(17)18)7-15(9-4-2-3-5-9)11(14)10(6-13)16(19)20/h6,8-9,14H,2-5,7,13H2,1H3,(H,17,18). The summed E-state index contributed by atoms with van der Waals surface area (Å²) < 4.78 is 0. The van der Waals surface area contributed by atoms with Crippen molar-refractivity contribution in [1.29, 1.82) is 5.41 Å². The quantitative estimate of drug-likeness (QED) is 0.288. The van der Waals surface area contributed by atoms with Gasteiger partial charge in [0.15, 0.2) is 0 Å². The third kappa shape index (κ3) is 3.69. The van der Waals surface area contributed by atoms with Crippen molar-refractivity contribution in [2.75, 3.05) is 6.54 Å². The second kappa shape index (κ2) is 6.88. The zero-order valence-corrected chi connectivity index (χ0v) is 11.4. The number of nitrogens with two attached hydrogens (primary N) is 1. The Bertz CT molecular complexity index is 429. The van der Waals surface area contributed by atoms with E-state index in [1.165, 1.54) is 11.8 Å². The van der Waals surface area contributed by atoms with Gasteiger partial charge in [0, 0.05) is 12.6 Å². The van der Waals surface area contributed by atoms with Crippen LogP contribution in [0.5, 0.6) is 0 Å². The minimum Gasteiger partial charge on any atom is -0.481 e. The first-order valence-corrected chi connectivity index (χ1v) is 6.53. The lowest BCUT2D eigenvalue weighted by Gasteiger charge is -2.31. The third-order valence-corrected chi connectivity index (χ3v) is 3.54. The number of amidine groups is 1. The Morgan fingerprint density at radius 3 is 2.55 bits per heavy atom. The van der Waals surface area contributed by atoms with Crippen molar-refractivity contribution in [3.8, 4) is 0 Å². The molecule has 0 bridgehead atoms. The summed E-state index contributed by atoms with van der Waals surface area (Å²) in [7, 11) is 0. The molecular weight excluding hydrogens is 264 g/mol. The fraction of sp³-hybridized carbons (Fsp3) is 0.667. The van der Waals surface area contributed by atoms with E-state index in [-0.39, 0.29) is 18.4 Å². The van der Waals surface area contributed by atoms with Gasteiger partial charge in [-0.1, -0.05) is 19.8 Å². The van der Waals surface area contributed by atoms with Crippen molar-refractivity contribution in [2.45, 2.75) is 38.6 Å². The molecule has 0 spiro atoms. The van der Waals surface area contributed by atoms with Crippen molar-refractivity contribution >= 4 is 11.8 Å². The molecule has 0 aromatic heterocycles. The molecule has 1 rings (SSSR count). The first-order valence-electron chi connectivity index (χ1n) is 6.53. The van der Waals surface area contributed by atoms with Crippen molar-refractivity contribution < 1.29 is 14.8 Å². The molecule has 1 aliphatic carbocycles. The Balaban J connectivity index is 2.94. The van der Waals surface area contributed by atoms with Gasteiger partial charge in [-0.3, -0.25) is 20.3 Å². The highest BCUT2D eigenvalue weighted by Gasteiger charge is 2.32. The van der Waals surface area contributed by atoms with Crippen molar-refractivity contribution in [3.05, 3.63) is 22.0 Å². The van der Waals surface area contributed by atoms with E-state index in [9.17, 15) is 14.9 Å². The molecule has 4 N–H and O–H groups in total. The van der Waals surface area contributed by atoms with Crippen molar-refractivity contribution in [3.63, 3.8) is 0 Å². The minimum atomic E-state index is -0.986. The molecular formula is C12H20N4O4. The molecule has 0 saturated heterocycles. The predicted octanol–water partition coefficient (Wildman–Crippen LogP) is 1.01. The fourth-order valence-electron chi connectivity index (χ4n) is 2.39. The molecule has 1 aliphatic rings. The normalized spacial score (nSPS) is 17.8. The van der Waals surface area contributed by atoms with Gasteiger partial charge in [0.2, 0.25) is 5.84 Å². The first-order chi connectivity index (χ1) is 9.38. The summed E-state index contributed by atoms with van der Waals surface area (Å²) in [6.45, 7) is 1.60. The van der Waals surface area contributed by atoms with E-state index >= 15 is 0 Å². The summed E-state index contributed by atoms with van der Waals surface area (Å²) >= 11 is 0. The predicted molar refractivity (Wildman–Crippen MR) is 72.8 cm³/mol. The topological polar surface area (TPSA) is 134 Å². The van der Waals surface area contributed by atoms with Gasteiger partial charge in [-0.25, -0.2) is 0 Å². The van der Waals surface area contributed by atoms with Crippen LogP contribution in [-0.2, 0) is 4.79 Å². The highest BCUT2D eigenvalue weighted by molar-refractivity contribution is 5.93. The Labute approximate surface area is 116 Å². The molecule has 1 fully saturated rings. The molecule has 0 heterocycles. The summed E-state index contributed by atoms with van der Waals surface area (Å²) in [4.78, 5) is 22.7. The summed E-state index contributed by atoms with van der Waals surface area (Å²) in [5, 5.41) is 27.9. The van der Waals surface area contributed by atoms with E-state index < -0.39 is 22.5 Å². The molecule has 8 heteroatoms. The number of carboxylic acid groups (broad SMARTS) is 1. The molecule has 0 aromatic rings. The number of hydrogen-bond acceptors (Lipinski definition) is 5. The molecule has 112 valence electrons. The molecule has 0 radical (unpaired) electrons. The SMILES string of the molecule is CC(CN(C(=N)C(=CN)[N+](=O)[O-])C1CCCC1)C(=O)O. The number of nitrogens with zero attached hydrogens (tertiary/aromatic N) is 2. The summed E-state index contributed by atoms with van der Waals surface area (Å²) in [6.07, 6.45) is 4.37. The number of hydrogen-bond donors (Lipinski definition) is 3. The molecule has 0 aliphatic heterocycles. The summed E-state index contributed by atoms with van der Waals surface area (Å²) in [5.41, 5.74) is 4.72. The second-order valence-electron chi connectivity index (χ2n) is 4.99. The average molecular weight is 284 g/mol. The van der Waals surface area contributed by atoms with E-state index in [0.717, 1.165) is 31.9 Å². The number of carbonyl (C=O) groups is 1. The van der Waals surface area contributed by atoms with Gasteiger partial charge in [-0.2, -0.15) is 0 Å². The maximum atomic E-state index is 11.0. The summed E-state index contributed by atoms with van der Waals surface area (Å²) in [5.74, 6) is -2.00. The van der Waals surface area contributed by atoms with E-state index in [0.29, 0.717) is 0 Å². The Morgan fingerprint density at radius 2 is 2.15 bits per heavy atom. The molecule has 20 heavy (non-hydrogen) atoms. The fourth-order valence-corrected chi connectivity index (χ4v) is 2.39. The number of carboxylic acids is 1. The van der Waals surface area contributed by atoms with E-state index in [1.54, 1.807) is 0 Å². The molecule has 1 atom stereocenters. The van der Waals surface area contributed by atoms with Crippen LogP contribution in [-0.4, -0.2) is 39.3 Å². The smallest absolute Gasteiger partial charge is 0.326 e. The Morgan fingerprint density at radius 1 is 1.60 bits per heavy atom. The van der Waals surface area contributed by atoms with E-state index in [2.05, 4.69) is 0 Å². The van der Waals surface area contributed by atoms with Gasteiger partial charge in [-0.15, -0.1) is 0 Å². The highest BCUT2D eigenvalue weighted by Crippen LogP contribution is 2.25. The molecule has 1 saturated carbocycles. The second-order valence-corrected chi connectivity index (χ2v) is 4.99.